The Morgan fingerprint density at radius 3 is 2.86 bits per heavy atom. The second kappa shape index (κ2) is 9.70. The van der Waals surface area contributed by atoms with Crippen molar-refractivity contribution < 1.29 is 17.9 Å². The van der Waals surface area contributed by atoms with Gasteiger partial charge in [-0.25, -0.2) is 9.37 Å². The van der Waals surface area contributed by atoms with Crippen LogP contribution in [0, 0.1) is 17.1 Å². The number of aromatic nitrogens is 3. The van der Waals surface area contributed by atoms with Crippen LogP contribution in [0.25, 0.3) is 11.4 Å². The number of aliphatic imine (C=N–C) groups is 1. The molecule has 0 aliphatic carbocycles. The van der Waals surface area contributed by atoms with Crippen LogP contribution < -0.4 is 0 Å². The Bertz CT molecular complexity index is 1290. The smallest absolute Gasteiger partial charge is 0.297 e. The molecular weight excluding hydrogens is 513 g/mol. The van der Waals surface area contributed by atoms with Crippen molar-refractivity contribution in [3.63, 3.8) is 0 Å². The van der Waals surface area contributed by atoms with Gasteiger partial charge in [0.05, 0.1) is 4.34 Å². The van der Waals surface area contributed by atoms with Gasteiger partial charge in [-0.3, -0.25) is 10.1 Å². The fourth-order valence-corrected chi connectivity index (χ4v) is 6.20. The molecule has 4 heterocycles. The molecule has 1 fully saturated rings. The molecule has 0 amide bonds. The van der Waals surface area contributed by atoms with Gasteiger partial charge in [0, 0.05) is 53.5 Å². The fourth-order valence-electron chi connectivity index (χ4n) is 4.72. The lowest BCUT2D eigenvalue weighted by molar-refractivity contribution is -0.181. The summed E-state index contributed by atoms with van der Waals surface area (Å²) in [6.45, 7) is 2.72. The SMILES string of the molecule is CC(=N)C(C=Nc1c(F)cccc1-c1ncn[nH]1)CN1CCC2(CC1)OCC(F)(F)c1cc(Cl)sc12. The molecular formula is C24H24ClF3N6OS. The lowest BCUT2D eigenvalue weighted by Gasteiger charge is -2.45. The van der Waals surface area contributed by atoms with Gasteiger partial charge in [0.2, 0.25) is 0 Å². The van der Waals surface area contributed by atoms with Gasteiger partial charge in [0.25, 0.3) is 5.92 Å². The number of ether oxygens (including phenoxy) is 1. The van der Waals surface area contributed by atoms with E-state index in [1.807, 2.05) is 0 Å². The fraction of sp³-hybridized carbons (Fsp3) is 0.417. The lowest BCUT2D eigenvalue weighted by atomic mass is 9.84. The molecule has 1 atom stereocenters. The van der Waals surface area contributed by atoms with E-state index in [4.69, 9.17) is 21.7 Å². The van der Waals surface area contributed by atoms with Crippen molar-refractivity contribution in [1.29, 1.82) is 5.41 Å². The molecule has 2 aliphatic rings. The predicted octanol–water partition coefficient (Wildman–Crippen LogP) is 5.80. The summed E-state index contributed by atoms with van der Waals surface area (Å²) >= 11 is 7.26. The van der Waals surface area contributed by atoms with Crippen LogP contribution in [-0.4, -0.2) is 58.2 Å². The topological polar surface area (TPSA) is 90.2 Å². The average molecular weight is 537 g/mol. The summed E-state index contributed by atoms with van der Waals surface area (Å²) in [4.78, 5) is 11.2. The highest BCUT2D eigenvalue weighted by Gasteiger charge is 2.51. The zero-order chi connectivity index (χ0) is 25.5. The molecule has 36 heavy (non-hydrogen) atoms. The molecule has 2 N–H and O–H groups in total. The minimum absolute atomic E-state index is 0.0232. The number of hydrogen-bond donors (Lipinski definition) is 2. The van der Waals surface area contributed by atoms with Crippen molar-refractivity contribution >= 4 is 40.6 Å². The minimum atomic E-state index is -3.04. The third-order valence-electron chi connectivity index (χ3n) is 6.75. The Kier molecular flexibility index (Phi) is 6.75. The van der Waals surface area contributed by atoms with E-state index in [9.17, 15) is 13.2 Å². The zero-order valence-corrected chi connectivity index (χ0v) is 21.0. The van der Waals surface area contributed by atoms with Crippen molar-refractivity contribution in [1.82, 2.24) is 20.1 Å². The largest absolute Gasteiger partial charge is 0.363 e. The van der Waals surface area contributed by atoms with Gasteiger partial charge >= 0.3 is 0 Å². The number of piperidine rings is 1. The van der Waals surface area contributed by atoms with Crippen LogP contribution in [0.5, 0.6) is 0 Å². The summed E-state index contributed by atoms with van der Waals surface area (Å²) in [5.74, 6) is -3.50. The molecule has 1 aromatic carbocycles. The average Bonchev–Trinajstić information content (AvgIpc) is 3.52. The minimum Gasteiger partial charge on any atom is -0.363 e. The summed E-state index contributed by atoms with van der Waals surface area (Å²) in [7, 11) is 0. The Hall–Kier alpha value is -2.60. The highest BCUT2D eigenvalue weighted by molar-refractivity contribution is 7.16. The van der Waals surface area contributed by atoms with Gasteiger partial charge in [-0.1, -0.05) is 17.7 Å². The predicted molar refractivity (Wildman–Crippen MR) is 133 cm³/mol. The molecule has 0 radical (unpaired) electrons. The third-order valence-corrected chi connectivity index (χ3v) is 8.20. The van der Waals surface area contributed by atoms with E-state index >= 15 is 0 Å². The first-order chi connectivity index (χ1) is 17.2. The molecule has 12 heteroatoms. The van der Waals surface area contributed by atoms with E-state index in [1.54, 1.807) is 25.3 Å². The van der Waals surface area contributed by atoms with Crippen LogP contribution in [0.15, 0.2) is 35.6 Å². The molecule has 1 saturated heterocycles. The van der Waals surface area contributed by atoms with Gasteiger partial charge in [0.1, 0.15) is 30.0 Å². The molecule has 2 aliphatic heterocycles. The Morgan fingerprint density at radius 1 is 1.39 bits per heavy atom. The van der Waals surface area contributed by atoms with Gasteiger partial charge in [-0.05, 0) is 38.0 Å². The normalized spacial score (nSPS) is 20.0. The molecule has 1 unspecified atom stereocenters. The number of likely N-dealkylation sites (tertiary alicyclic amines) is 1. The Balaban J connectivity index is 1.31. The van der Waals surface area contributed by atoms with E-state index in [0.717, 1.165) is 11.3 Å². The van der Waals surface area contributed by atoms with E-state index in [0.29, 0.717) is 58.8 Å². The van der Waals surface area contributed by atoms with E-state index in [2.05, 4.69) is 25.1 Å². The molecule has 3 aromatic rings. The van der Waals surface area contributed by atoms with Crippen molar-refractivity contribution in [2.45, 2.75) is 31.3 Å². The molecule has 0 saturated carbocycles. The van der Waals surface area contributed by atoms with Crippen LogP contribution in [0.1, 0.15) is 30.2 Å². The zero-order valence-electron chi connectivity index (χ0n) is 19.4. The van der Waals surface area contributed by atoms with Gasteiger partial charge < -0.3 is 15.0 Å². The first kappa shape index (κ1) is 25.1. The monoisotopic (exact) mass is 536 g/mol. The molecule has 1 spiro atoms. The molecule has 7 nitrogen and oxygen atoms in total. The number of benzene rings is 1. The maximum atomic E-state index is 14.6. The van der Waals surface area contributed by atoms with Crippen molar-refractivity contribution in [2.75, 3.05) is 26.2 Å². The van der Waals surface area contributed by atoms with Gasteiger partial charge in [-0.2, -0.15) is 13.9 Å². The third kappa shape index (κ3) is 4.72. The second-order valence-corrected chi connectivity index (χ2v) is 10.8. The van der Waals surface area contributed by atoms with Crippen LogP contribution in [-0.2, 0) is 16.3 Å². The van der Waals surface area contributed by atoms with Crippen molar-refractivity contribution in [2.24, 2.45) is 10.9 Å². The van der Waals surface area contributed by atoms with E-state index in [-0.39, 0.29) is 17.2 Å². The Morgan fingerprint density at radius 2 is 2.17 bits per heavy atom. The highest BCUT2D eigenvalue weighted by Crippen LogP contribution is 2.52. The molecule has 0 bridgehead atoms. The quantitative estimate of drug-likeness (QED) is 0.390. The number of H-pyrrole nitrogens is 1. The summed E-state index contributed by atoms with van der Waals surface area (Å²) in [5.41, 5.74) is 0.189. The van der Waals surface area contributed by atoms with Gasteiger partial charge in [-0.15, -0.1) is 11.3 Å². The van der Waals surface area contributed by atoms with Crippen molar-refractivity contribution in [3.8, 4) is 11.4 Å². The van der Waals surface area contributed by atoms with E-state index in [1.165, 1.54) is 18.5 Å². The standard InChI is InChI=1S/C24H24ClF3N6OS/c1-14(29)15(10-30-20-16(3-2-4-18(20)26)22-31-13-32-33-22)11-34-7-5-23(6-8-34)21-17(9-19(25)36-21)24(27,28)12-35-23/h2-4,9-10,13,15,29H,5-8,11-12H2,1H3,(H,31,32,33). The number of para-hydroxylation sites is 1. The van der Waals surface area contributed by atoms with Gasteiger partial charge in [0.15, 0.2) is 5.82 Å². The van der Waals surface area contributed by atoms with Crippen LogP contribution in [0.3, 0.4) is 0 Å². The number of halogens is 4. The number of thiophene rings is 1. The maximum absolute atomic E-state index is 14.6. The number of nitrogens with one attached hydrogen (secondary N) is 2. The number of rotatable bonds is 6. The summed E-state index contributed by atoms with van der Waals surface area (Å²) < 4.78 is 49.5. The maximum Gasteiger partial charge on any atom is 0.297 e. The summed E-state index contributed by atoms with van der Waals surface area (Å²) in [5, 5.41) is 14.8. The summed E-state index contributed by atoms with van der Waals surface area (Å²) in [6, 6.07) is 5.95. The first-order valence-corrected chi connectivity index (χ1v) is 12.7. The number of nitrogens with zero attached hydrogens (tertiary/aromatic N) is 4. The first-order valence-electron chi connectivity index (χ1n) is 11.5. The number of hydrogen-bond acceptors (Lipinski definition) is 7. The van der Waals surface area contributed by atoms with Crippen LogP contribution >= 0.6 is 22.9 Å². The van der Waals surface area contributed by atoms with Crippen LogP contribution in [0.2, 0.25) is 4.34 Å². The lowest BCUT2D eigenvalue weighted by Crippen LogP contribution is -2.49. The molecule has 190 valence electrons. The van der Waals surface area contributed by atoms with Crippen LogP contribution in [0.4, 0.5) is 18.9 Å². The number of alkyl halides is 2. The van der Waals surface area contributed by atoms with Crippen molar-refractivity contribution in [3.05, 3.63) is 51.2 Å². The summed E-state index contributed by atoms with van der Waals surface area (Å²) in [6.07, 6.45) is 4.00. The Labute approximate surface area is 214 Å². The number of aromatic amines is 1. The molecule has 2 aromatic heterocycles. The number of fused-ring (bicyclic) bond motifs is 2. The van der Waals surface area contributed by atoms with E-state index < -0.39 is 23.9 Å². The second-order valence-electron chi connectivity index (χ2n) is 9.12. The highest BCUT2D eigenvalue weighted by atomic mass is 35.5. The molecule has 5 rings (SSSR count).